The van der Waals surface area contributed by atoms with Gasteiger partial charge in [-0.15, -0.1) is 0 Å². The number of aromatic nitrogens is 3. The molecule has 1 aromatic carbocycles. The Morgan fingerprint density at radius 1 is 1.14 bits per heavy atom. The van der Waals surface area contributed by atoms with Gasteiger partial charge in [0.15, 0.2) is 11.6 Å². The molecule has 0 fully saturated rings. The summed E-state index contributed by atoms with van der Waals surface area (Å²) in [4.78, 5) is 25.8. The average molecular weight is 282 g/mol. The fourth-order valence-electron chi connectivity index (χ4n) is 1.94. The summed E-state index contributed by atoms with van der Waals surface area (Å²) in [5.74, 6) is -0.808. The Bertz CT molecular complexity index is 821. The second-order valence-electron chi connectivity index (χ2n) is 4.44. The van der Waals surface area contributed by atoms with Gasteiger partial charge in [-0.25, -0.2) is 9.37 Å². The van der Waals surface area contributed by atoms with Gasteiger partial charge in [-0.1, -0.05) is 12.1 Å². The molecule has 0 unspecified atom stereocenters. The van der Waals surface area contributed by atoms with Gasteiger partial charge in [0, 0.05) is 13.2 Å². The third-order valence-corrected chi connectivity index (χ3v) is 3.09. The lowest BCUT2D eigenvalue weighted by Crippen LogP contribution is -2.28. The molecule has 2 aromatic heterocycles. The molecule has 21 heavy (non-hydrogen) atoms. The van der Waals surface area contributed by atoms with Crippen molar-refractivity contribution in [3.05, 3.63) is 60.3 Å². The molecule has 0 radical (unpaired) electrons. The van der Waals surface area contributed by atoms with Crippen LogP contribution in [0.1, 0.15) is 10.4 Å². The molecule has 3 aromatic rings. The van der Waals surface area contributed by atoms with Crippen LogP contribution in [-0.2, 0) is 0 Å². The van der Waals surface area contributed by atoms with Crippen LogP contribution in [0, 0.1) is 5.82 Å². The van der Waals surface area contributed by atoms with Gasteiger partial charge in [-0.3, -0.25) is 19.7 Å². The summed E-state index contributed by atoms with van der Waals surface area (Å²) in [5.41, 5.74) is 1.35. The minimum Gasteiger partial charge on any atom is -0.294 e. The number of benzene rings is 1. The van der Waals surface area contributed by atoms with E-state index in [0.717, 1.165) is 11.7 Å². The zero-order valence-electron chi connectivity index (χ0n) is 11.2. The quantitative estimate of drug-likeness (QED) is 0.724. The predicted octanol–water partition coefficient (Wildman–Crippen LogP) is 2.44. The number of hydrogen-bond acceptors (Lipinski definition) is 4. The van der Waals surface area contributed by atoms with E-state index < -0.39 is 11.7 Å². The molecule has 5 nitrogen and oxygen atoms in total. The van der Waals surface area contributed by atoms with Crippen molar-refractivity contribution >= 4 is 22.8 Å². The Labute approximate surface area is 120 Å². The SMILES string of the molecule is CN(C(=O)c1ccncc1F)c1cnc2ccccc2n1. The molecule has 104 valence electrons. The number of carbonyl (C=O) groups is 1. The summed E-state index contributed by atoms with van der Waals surface area (Å²) in [7, 11) is 1.53. The summed E-state index contributed by atoms with van der Waals surface area (Å²) < 4.78 is 13.6. The van der Waals surface area contributed by atoms with Gasteiger partial charge in [0.1, 0.15) is 0 Å². The minimum absolute atomic E-state index is 0.0533. The Hall–Kier alpha value is -2.89. The predicted molar refractivity (Wildman–Crippen MR) is 76.5 cm³/mol. The zero-order valence-corrected chi connectivity index (χ0v) is 11.2. The summed E-state index contributed by atoms with van der Waals surface area (Å²) in [6, 6.07) is 8.67. The zero-order chi connectivity index (χ0) is 14.8. The van der Waals surface area contributed by atoms with Gasteiger partial charge in [0.25, 0.3) is 5.91 Å². The van der Waals surface area contributed by atoms with Crippen molar-refractivity contribution in [2.75, 3.05) is 11.9 Å². The highest BCUT2D eigenvalue weighted by Gasteiger charge is 2.18. The first-order chi connectivity index (χ1) is 10.2. The standard InChI is InChI=1S/C15H11FN4O/c1-20(15(21)10-6-7-17-8-11(10)16)14-9-18-12-4-2-3-5-13(12)19-14/h2-9H,1H3. The first-order valence-corrected chi connectivity index (χ1v) is 6.26. The third-order valence-electron chi connectivity index (χ3n) is 3.09. The normalized spacial score (nSPS) is 10.6. The molecule has 0 spiro atoms. The van der Waals surface area contributed by atoms with E-state index in [1.54, 1.807) is 6.07 Å². The van der Waals surface area contributed by atoms with Crippen LogP contribution < -0.4 is 4.90 Å². The number of rotatable bonds is 2. The molecule has 2 heterocycles. The van der Waals surface area contributed by atoms with Crippen molar-refractivity contribution in [2.45, 2.75) is 0 Å². The first kappa shape index (κ1) is 13.1. The number of nitrogens with zero attached hydrogens (tertiary/aromatic N) is 4. The number of para-hydroxylation sites is 2. The topological polar surface area (TPSA) is 59.0 Å². The maximum Gasteiger partial charge on any atom is 0.262 e. The monoisotopic (exact) mass is 282 g/mol. The van der Waals surface area contributed by atoms with Crippen LogP contribution >= 0.6 is 0 Å². The van der Waals surface area contributed by atoms with E-state index in [1.165, 1.54) is 30.4 Å². The van der Waals surface area contributed by atoms with E-state index in [2.05, 4.69) is 15.0 Å². The van der Waals surface area contributed by atoms with Crippen molar-refractivity contribution in [1.29, 1.82) is 0 Å². The third kappa shape index (κ3) is 2.43. The number of halogens is 1. The van der Waals surface area contributed by atoms with E-state index in [0.29, 0.717) is 11.3 Å². The van der Waals surface area contributed by atoms with Crippen LogP contribution in [0.15, 0.2) is 48.9 Å². The molecule has 3 rings (SSSR count). The lowest BCUT2D eigenvalue weighted by molar-refractivity contribution is 0.0988. The van der Waals surface area contributed by atoms with Crippen molar-refractivity contribution in [3.8, 4) is 0 Å². The molecule has 0 saturated carbocycles. The van der Waals surface area contributed by atoms with E-state index in [-0.39, 0.29) is 5.56 Å². The number of fused-ring (bicyclic) bond motifs is 1. The van der Waals surface area contributed by atoms with Crippen molar-refractivity contribution in [1.82, 2.24) is 15.0 Å². The van der Waals surface area contributed by atoms with Crippen LogP contribution in [0.3, 0.4) is 0 Å². The first-order valence-electron chi connectivity index (χ1n) is 6.26. The fraction of sp³-hybridized carbons (Fsp3) is 0.0667. The van der Waals surface area contributed by atoms with Crippen LogP contribution in [0.2, 0.25) is 0 Å². The minimum atomic E-state index is -0.664. The largest absolute Gasteiger partial charge is 0.294 e. The summed E-state index contributed by atoms with van der Waals surface area (Å²) in [6.45, 7) is 0. The van der Waals surface area contributed by atoms with Gasteiger partial charge in [-0.2, -0.15) is 0 Å². The number of pyridine rings is 1. The maximum absolute atomic E-state index is 13.6. The van der Waals surface area contributed by atoms with Crippen LogP contribution in [-0.4, -0.2) is 27.9 Å². The van der Waals surface area contributed by atoms with Gasteiger partial charge < -0.3 is 0 Å². The smallest absolute Gasteiger partial charge is 0.262 e. The molecule has 0 bridgehead atoms. The highest BCUT2D eigenvalue weighted by molar-refractivity contribution is 6.05. The van der Waals surface area contributed by atoms with Crippen LogP contribution in [0.4, 0.5) is 10.2 Å². The molecule has 0 atom stereocenters. The second kappa shape index (κ2) is 5.24. The summed E-state index contributed by atoms with van der Waals surface area (Å²) >= 11 is 0. The summed E-state index contributed by atoms with van der Waals surface area (Å²) in [5, 5.41) is 0. The molecule has 0 aliphatic carbocycles. The lowest BCUT2D eigenvalue weighted by atomic mass is 10.2. The molecule has 6 heteroatoms. The molecule has 1 amide bonds. The molecule has 0 saturated heterocycles. The number of hydrogen-bond donors (Lipinski definition) is 0. The Balaban J connectivity index is 1.98. The molecule has 0 N–H and O–H groups in total. The van der Waals surface area contributed by atoms with Crippen molar-refractivity contribution < 1.29 is 9.18 Å². The Morgan fingerprint density at radius 2 is 1.90 bits per heavy atom. The number of carbonyl (C=O) groups excluding carboxylic acids is 1. The highest BCUT2D eigenvalue weighted by atomic mass is 19.1. The van der Waals surface area contributed by atoms with Crippen LogP contribution in [0.5, 0.6) is 0 Å². The number of amides is 1. The van der Waals surface area contributed by atoms with Gasteiger partial charge in [0.05, 0.1) is 29.0 Å². The van der Waals surface area contributed by atoms with Gasteiger partial charge in [0.2, 0.25) is 0 Å². The average Bonchev–Trinajstić information content (AvgIpc) is 2.53. The highest BCUT2D eigenvalue weighted by Crippen LogP contribution is 2.17. The van der Waals surface area contributed by atoms with E-state index in [4.69, 9.17) is 0 Å². The molecule has 0 aliphatic heterocycles. The Kier molecular flexibility index (Phi) is 3.27. The van der Waals surface area contributed by atoms with Crippen LogP contribution in [0.25, 0.3) is 11.0 Å². The summed E-state index contributed by atoms with van der Waals surface area (Å²) in [6.07, 6.45) is 3.86. The molecule has 0 aliphatic rings. The fourth-order valence-corrected chi connectivity index (χ4v) is 1.94. The Morgan fingerprint density at radius 3 is 2.67 bits per heavy atom. The lowest BCUT2D eigenvalue weighted by Gasteiger charge is -2.16. The molecular weight excluding hydrogens is 271 g/mol. The van der Waals surface area contributed by atoms with Gasteiger partial charge in [-0.05, 0) is 18.2 Å². The van der Waals surface area contributed by atoms with E-state index in [1.807, 2.05) is 18.2 Å². The van der Waals surface area contributed by atoms with Crippen molar-refractivity contribution in [2.24, 2.45) is 0 Å². The molecular formula is C15H11FN4O. The van der Waals surface area contributed by atoms with Crippen molar-refractivity contribution in [3.63, 3.8) is 0 Å². The van der Waals surface area contributed by atoms with E-state index >= 15 is 0 Å². The maximum atomic E-state index is 13.6. The van der Waals surface area contributed by atoms with Gasteiger partial charge >= 0.3 is 0 Å². The number of anilines is 1. The second-order valence-corrected chi connectivity index (χ2v) is 4.44. The van der Waals surface area contributed by atoms with E-state index in [9.17, 15) is 9.18 Å².